The third kappa shape index (κ3) is 4.29. The quantitative estimate of drug-likeness (QED) is 0.790. The zero-order valence-corrected chi connectivity index (χ0v) is 15.1. The van der Waals surface area contributed by atoms with Gasteiger partial charge in [-0.05, 0) is 37.0 Å². The van der Waals surface area contributed by atoms with E-state index in [-0.39, 0.29) is 18.6 Å². The number of anilines is 1. The number of amides is 1. The lowest BCUT2D eigenvalue weighted by Crippen LogP contribution is -2.32. The second-order valence-electron chi connectivity index (χ2n) is 6.04. The molecule has 2 heterocycles. The Bertz CT molecular complexity index is 702. The molecular weight excluding hydrogens is 338 g/mol. The molecule has 0 radical (unpaired) electrons. The van der Waals surface area contributed by atoms with Crippen molar-refractivity contribution in [1.29, 1.82) is 0 Å². The number of aliphatic hydroxyl groups excluding tert-OH is 1. The third-order valence-electron chi connectivity index (χ3n) is 4.42. The smallest absolute Gasteiger partial charge is 0.270 e. The first-order valence-electron chi connectivity index (χ1n) is 8.45. The summed E-state index contributed by atoms with van der Waals surface area (Å²) in [6, 6.07) is 7.94. The highest BCUT2D eigenvalue weighted by Gasteiger charge is 2.26. The maximum atomic E-state index is 12.3. The lowest BCUT2D eigenvalue weighted by atomic mass is 10.1. The number of carbonyl (C=O) groups excluding carboxylic acids is 1. The van der Waals surface area contributed by atoms with Gasteiger partial charge in [-0.15, -0.1) is 11.3 Å². The Morgan fingerprint density at radius 2 is 2.24 bits per heavy atom. The fourth-order valence-electron chi connectivity index (χ4n) is 2.98. The molecule has 0 spiro atoms. The third-order valence-corrected chi connectivity index (χ3v) is 5.29. The number of carbonyl (C=O) groups is 1. The van der Waals surface area contributed by atoms with Gasteiger partial charge < -0.3 is 20.1 Å². The fourth-order valence-corrected chi connectivity index (χ4v) is 3.88. The molecule has 3 rings (SSSR count). The normalized spacial score (nSPS) is 16.9. The molecule has 1 aliphatic rings. The van der Waals surface area contributed by atoms with Crippen LogP contribution in [-0.2, 0) is 6.42 Å². The van der Waals surface area contributed by atoms with Gasteiger partial charge in [-0.25, -0.2) is 4.98 Å². The van der Waals surface area contributed by atoms with Gasteiger partial charge in [0.25, 0.3) is 5.91 Å². The van der Waals surface area contributed by atoms with Crippen LogP contribution in [0.15, 0.2) is 29.6 Å². The summed E-state index contributed by atoms with van der Waals surface area (Å²) in [5.41, 5.74) is 1.58. The molecule has 1 amide bonds. The number of aromatic nitrogens is 1. The molecule has 1 fully saturated rings. The van der Waals surface area contributed by atoms with Crippen molar-refractivity contribution in [1.82, 2.24) is 10.3 Å². The predicted molar refractivity (Wildman–Crippen MR) is 98.6 cm³/mol. The van der Waals surface area contributed by atoms with E-state index >= 15 is 0 Å². The van der Waals surface area contributed by atoms with E-state index in [2.05, 4.69) is 15.2 Å². The van der Waals surface area contributed by atoms with E-state index in [1.54, 1.807) is 12.5 Å². The molecule has 134 valence electrons. The van der Waals surface area contributed by atoms with Gasteiger partial charge in [-0.2, -0.15) is 0 Å². The predicted octanol–water partition coefficient (Wildman–Crippen LogP) is 2.09. The average Bonchev–Trinajstić information content (AvgIpc) is 3.31. The molecule has 2 N–H and O–H groups in total. The molecule has 0 saturated carbocycles. The number of hydrogen-bond donors (Lipinski definition) is 2. The molecule has 1 aliphatic heterocycles. The summed E-state index contributed by atoms with van der Waals surface area (Å²) in [7, 11) is 1.64. The summed E-state index contributed by atoms with van der Waals surface area (Å²) in [5, 5.41) is 14.9. The van der Waals surface area contributed by atoms with Crippen LogP contribution in [0.5, 0.6) is 5.75 Å². The van der Waals surface area contributed by atoms with E-state index in [1.165, 1.54) is 11.3 Å². The summed E-state index contributed by atoms with van der Waals surface area (Å²) >= 11 is 1.46. The van der Waals surface area contributed by atoms with Crippen molar-refractivity contribution in [3.05, 3.63) is 40.9 Å². The lowest BCUT2D eigenvalue weighted by molar-refractivity contribution is 0.0950. The molecule has 1 atom stereocenters. The van der Waals surface area contributed by atoms with E-state index in [4.69, 9.17) is 4.74 Å². The van der Waals surface area contributed by atoms with E-state index in [9.17, 15) is 9.90 Å². The summed E-state index contributed by atoms with van der Waals surface area (Å²) in [4.78, 5) is 18.8. The Morgan fingerprint density at radius 3 is 2.96 bits per heavy atom. The first kappa shape index (κ1) is 17.7. The molecule has 6 nitrogen and oxygen atoms in total. The Kier molecular flexibility index (Phi) is 5.88. The Balaban J connectivity index is 1.51. The minimum Gasteiger partial charge on any atom is -0.497 e. The van der Waals surface area contributed by atoms with Crippen LogP contribution in [0.2, 0.25) is 0 Å². The van der Waals surface area contributed by atoms with Crippen LogP contribution >= 0.6 is 11.3 Å². The maximum absolute atomic E-state index is 12.3. The van der Waals surface area contributed by atoms with Gasteiger partial charge in [0, 0.05) is 18.5 Å². The summed E-state index contributed by atoms with van der Waals surface area (Å²) in [6.45, 7) is 1.57. The van der Waals surface area contributed by atoms with Crippen molar-refractivity contribution >= 4 is 22.4 Å². The molecular formula is C18H23N3O3S. The van der Waals surface area contributed by atoms with Gasteiger partial charge in [-0.1, -0.05) is 12.1 Å². The number of ether oxygens (including phenoxy) is 1. The molecule has 25 heavy (non-hydrogen) atoms. The van der Waals surface area contributed by atoms with Gasteiger partial charge in [0.2, 0.25) is 0 Å². The van der Waals surface area contributed by atoms with Crippen molar-refractivity contribution in [3.8, 4) is 5.75 Å². The number of nitrogens with one attached hydrogen (secondary N) is 1. The highest BCUT2D eigenvalue weighted by Crippen LogP contribution is 2.28. The summed E-state index contributed by atoms with van der Waals surface area (Å²) in [6.07, 6.45) is 2.78. The monoisotopic (exact) mass is 361 g/mol. The van der Waals surface area contributed by atoms with E-state index in [0.717, 1.165) is 42.3 Å². The van der Waals surface area contributed by atoms with Crippen LogP contribution in [0, 0.1) is 0 Å². The van der Waals surface area contributed by atoms with Crippen molar-refractivity contribution in [2.24, 2.45) is 0 Å². The second-order valence-corrected chi connectivity index (χ2v) is 6.88. The number of rotatable bonds is 7. The van der Waals surface area contributed by atoms with Crippen molar-refractivity contribution in [2.45, 2.75) is 25.3 Å². The highest BCUT2D eigenvalue weighted by molar-refractivity contribution is 7.14. The highest BCUT2D eigenvalue weighted by atomic mass is 32.1. The maximum Gasteiger partial charge on any atom is 0.270 e. The van der Waals surface area contributed by atoms with Gasteiger partial charge in [0.05, 0.1) is 19.8 Å². The van der Waals surface area contributed by atoms with Crippen LogP contribution < -0.4 is 15.0 Å². The van der Waals surface area contributed by atoms with E-state index < -0.39 is 0 Å². The van der Waals surface area contributed by atoms with Crippen molar-refractivity contribution < 1.29 is 14.6 Å². The minimum absolute atomic E-state index is 0.122. The summed E-state index contributed by atoms with van der Waals surface area (Å²) < 4.78 is 5.13. The number of benzene rings is 1. The zero-order chi connectivity index (χ0) is 17.6. The topological polar surface area (TPSA) is 74.7 Å². The standard InChI is InChI=1S/C18H23N3O3S/c1-24-15-6-4-13(5-7-15)8-9-19-17(23)16-12-25-18(20-16)21-10-2-3-14(21)11-22/h4-7,12,14,22H,2-3,8-11H2,1H3,(H,19,23). The Hall–Kier alpha value is -2.12. The molecule has 1 saturated heterocycles. The number of nitrogens with zero attached hydrogens (tertiary/aromatic N) is 2. The van der Waals surface area contributed by atoms with Crippen LogP contribution in [0.1, 0.15) is 28.9 Å². The van der Waals surface area contributed by atoms with Gasteiger partial charge in [-0.3, -0.25) is 4.79 Å². The number of thiazole rings is 1. The van der Waals surface area contributed by atoms with Crippen molar-refractivity contribution in [3.63, 3.8) is 0 Å². The number of aliphatic hydroxyl groups is 1. The van der Waals surface area contributed by atoms with Crippen LogP contribution in [0.3, 0.4) is 0 Å². The van der Waals surface area contributed by atoms with E-state index in [0.29, 0.717) is 12.2 Å². The van der Waals surface area contributed by atoms with Crippen LogP contribution in [0.25, 0.3) is 0 Å². The summed E-state index contributed by atoms with van der Waals surface area (Å²) in [5.74, 6) is 0.668. The second kappa shape index (κ2) is 8.31. The molecule has 1 unspecified atom stereocenters. The minimum atomic E-state index is -0.157. The average molecular weight is 361 g/mol. The number of methoxy groups -OCH3 is 1. The molecule has 1 aromatic heterocycles. The zero-order valence-electron chi connectivity index (χ0n) is 14.3. The van der Waals surface area contributed by atoms with Gasteiger partial charge >= 0.3 is 0 Å². The Labute approximate surface area is 151 Å². The number of hydrogen-bond acceptors (Lipinski definition) is 6. The molecule has 0 bridgehead atoms. The van der Waals surface area contributed by atoms with E-state index in [1.807, 2.05) is 24.3 Å². The first-order chi connectivity index (χ1) is 12.2. The molecule has 2 aromatic rings. The molecule has 1 aromatic carbocycles. The Morgan fingerprint density at radius 1 is 1.44 bits per heavy atom. The fraction of sp³-hybridized carbons (Fsp3) is 0.444. The first-order valence-corrected chi connectivity index (χ1v) is 9.33. The SMILES string of the molecule is COc1ccc(CCNC(=O)c2csc(N3CCCC3CO)n2)cc1. The van der Waals surface area contributed by atoms with Crippen LogP contribution in [-0.4, -0.2) is 48.8 Å². The van der Waals surface area contributed by atoms with Gasteiger partial charge in [0.1, 0.15) is 11.4 Å². The van der Waals surface area contributed by atoms with Gasteiger partial charge in [0.15, 0.2) is 5.13 Å². The largest absolute Gasteiger partial charge is 0.497 e. The molecule has 7 heteroatoms. The molecule has 0 aliphatic carbocycles. The lowest BCUT2D eigenvalue weighted by Gasteiger charge is -2.21. The van der Waals surface area contributed by atoms with Crippen molar-refractivity contribution in [2.75, 3.05) is 31.7 Å². The van der Waals surface area contributed by atoms with Crippen LogP contribution in [0.4, 0.5) is 5.13 Å².